The Morgan fingerprint density at radius 1 is 1.50 bits per heavy atom. The van der Waals surface area contributed by atoms with Gasteiger partial charge in [0.25, 0.3) is 0 Å². The van der Waals surface area contributed by atoms with Crippen molar-refractivity contribution in [1.29, 1.82) is 0 Å². The second-order valence-corrected chi connectivity index (χ2v) is 3.49. The first-order valence-electron chi connectivity index (χ1n) is 5.06. The highest BCUT2D eigenvalue weighted by Gasteiger charge is 2.16. The minimum absolute atomic E-state index is 0.0359. The average Bonchev–Trinajstić information content (AvgIpc) is 2.78. The fourth-order valence-electron chi connectivity index (χ4n) is 1.26. The van der Waals surface area contributed by atoms with Gasteiger partial charge in [0.2, 0.25) is 12.2 Å². The molecule has 1 aromatic heterocycles. The van der Waals surface area contributed by atoms with Gasteiger partial charge in [-0.1, -0.05) is 0 Å². The molecule has 1 rings (SSSR count). The maximum atomic E-state index is 11.3. The lowest BCUT2D eigenvalue weighted by Gasteiger charge is -2.18. The van der Waals surface area contributed by atoms with E-state index in [0.29, 0.717) is 5.69 Å². The number of rotatable bonds is 6. The number of aromatic nitrogens is 2. The van der Waals surface area contributed by atoms with Crippen LogP contribution >= 0.6 is 0 Å². The second-order valence-electron chi connectivity index (χ2n) is 3.49. The third kappa shape index (κ3) is 4.51. The fraction of sp³-hybridized carbons (Fsp3) is 0.333. The molecule has 0 aliphatic carbocycles. The number of imidazole rings is 1. The van der Waals surface area contributed by atoms with E-state index in [1.165, 1.54) is 6.33 Å². The predicted molar refractivity (Wildman–Crippen MR) is 55.6 cm³/mol. The molecule has 0 bridgehead atoms. The Balaban J connectivity index is 2.50. The van der Waals surface area contributed by atoms with Crippen LogP contribution in [-0.4, -0.2) is 35.5 Å². The second kappa shape index (κ2) is 6.23. The minimum atomic E-state index is -1.42. The number of carbonyl (C=O) groups is 3. The monoisotopic (exact) mass is 255 g/mol. The highest BCUT2D eigenvalue weighted by atomic mass is 16.4. The number of amides is 3. The first-order chi connectivity index (χ1) is 8.49. The van der Waals surface area contributed by atoms with Crippen LogP contribution in [0.15, 0.2) is 12.5 Å². The summed E-state index contributed by atoms with van der Waals surface area (Å²) in [6.07, 6.45) is 3.11. The number of H-pyrrole nitrogens is 2. The number of aromatic amines is 2. The van der Waals surface area contributed by atoms with Gasteiger partial charge in [0.05, 0.1) is 18.6 Å². The van der Waals surface area contributed by atoms with E-state index in [2.05, 4.69) is 15.3 Å². The fourth-order valence-corrected chi connectivity index (χ4v) is 1.26. The molecule has 6 N–H and O–H groups in total. The normalized spacial score (nSPS) is 11.6. The number of hydrogen-bond acceptors (Lipinski definition) is 4. The summed E-state index contributed by atoms with van der Waals surface area (Å²) in [5.74, 6) is -2.09. The molecule has 1 unspecified atom stereocenters. The molecule has 0 saturated heterocycles. The molecule has 0 aliphatic heterocycles. The van der Waals surface area contributed by atoms with Crippen molar-refractivity contribution >= 4 is 17.9 Å². The number of carboxylic acid groups (broad SMARTS) is 1. The summed E-state index contributed by atoms with van der Waals surface area (Å²) in [5.41, 5.74) is 5.36. The third-order valence-corrected chi connectivity index (χ3v) is 2.07. The van der Waals surface area contributed by atoms with E-state index in [0.717, 1.165) is 0 Å². The van der Waals surface area contributed by atoms with Crippen LogP contribution in [0.3, 0.4) is 0 Å². The summed E-state index contributed by atoms with van der Waals surface area (Å²) < 4.78 is 0. The Hall–Kier alpha value is -2.58. The van der Waals surface area contributed by atoms with E-state index < -0.39 is 30.5 Å². The quantitative estimate of drug-likeness (QED) is 0.412. The number of nitrogens with two attached hydrogens (primary N) is 1. The lowest BCUT2D eigenvalue weighted by Crippen LogP contribution is -2.51. The Kier molecular flexibility index (Phi) is 4.67. The van der Waals surface area contributed by atoms with Crippen molar-refractivity contribution in [3.63, 3.8) is 0 Å². The zero-order valence-electron chi connectivity index (χ0n) is 9.36. The van der Waals surface area contributed by atoms with Crippen molar-refractivity contribution < 1.29 is 24.5 Å². The summed E-state index contributed by atoms with van der Waals surface area (Å²) in [7, 11) is 0. The maximum absolute atomic E-state index is 11.3. The molecule has 0 aromatic carbocycles. The Bertz CT molecular complexity index is 430. The van der Waals surface area contributed by atoms with Crippen LogP contribution in [0.4, 0.5) is 4.79 Å². The SMILES string of the molecule is NC(=O)NCC(=O)NC(Cc1c[nH+]c[nH]1)C(=O)[O-]. The van der Waals surface area contributed by atoms with Crippen LogP contribution in [0.25, 0.3) is 0 Å². The molecule has 0 saturated carbocycles. The van der Waals surface area contributed by atoms with Crippen LogP contribution in [0.2, 0.25) is 0 Å². The molecule has 1 heterocycles. The molecular weight excluding hydrogens is 242 g/mol. The Morgan fingerprint density at radius 2 is 2.22 bits per heavy atom. The standard InChI is InChI=1S/C9H13N5O4/c10-9(18)12-3-7(15)14-6(8(16)17)1-5-2-11-4-13-5/h2,4,6H,1,3H2,(H,11,13)(H,14,15)(H,16,17)(H3,10,12,18). The average molecular weight is 255 g/mol. The summed E-state index contributed by atoms with van der Waals surface area (Å²) in [6.45, 7) is -0.393. The van der Waals surface area contributed by atoms with Crippen molar-refractivity contribution in [2.75, 3.05) is 6.54 Å². The topological polar surface area (TPSA) is 154 Å². The highest BCUT2D eigenvalue weighted by molar-refractivity contribution is 5.86. The van der Waals surface area contributed by atoms with Crippen LogP contribution in [0.5, 0.6) is 0 Å². The van der Waals surface area contributed by atoms with Crippen molar-refractivity contribution in [2.24, 2.45) is 5.73 Å². The van der Waals surface area contributed by atoms with E-state index in [9.17, 15) is 19.5 Å². The van der Waals surface area contributed by atoms with Crippen LogP contribution in [0, 0.1) is 0 Å². The molecule has 0 radical (unpaired) electrons. The van der Waals surface area contributed by atoms with Crippen molar-refractivity contribution in [2.45, 2.75) is 12.5 Å². The van der Waals surface area contributed by atoms with Gasteiger partial charge in [-0.2, -0.15) is 0 Å². The smallest absolute Gasteiger partial charge is 0.312 e. The first kappa shape index (κ1) is 13.5. The molecule has 0 spiro atoms. The lowest BCUT2D eigenvalue weighted by molar-refractivity contribution is -0.376. The van der Waals surface area contributed by atoms with Crippen molar-refractivity contribution in [3.8, 4) is 0 Å². The molecule has 0 aliphatic rings. The zero-order chi connectivity index (χ0) is 13.5. The number of primary amides is 1. The highest BCUT2D eigenvalue weighted by Crippen LogP contribution is 1.96. The molecule has 18 heavy (non-hydrogen) atoms. The molecule has 3 amide bonds. The molecule has 9 nitrogen and oxygen atoms in total. The number of aliphatic carboxylic acids is 1. The van der Waals surface area contributed by atoms with Crippen LogP contribution in [-0.2, 0) is 16.0 Å². The van der Waals surface area contributed by atoms with Crippen molar-refractivity contribution in [1.82, 2.24) is 15.6 Å². The summed E-state index contributed by atoms with van der Waals surface area (Å²) >= 11 is 0. The van der Waals surface area contributed by atoms with Gasteiger partial charge in [-0.15, -0.1) is 0 Å². The number of carbonyl (C=O) groups excluding carboxylic acids is 3. The lowest BCUT2D eigenvalue weighted by atomic mass is 10.1. The molecule has 0 fully saturated rings. The van der Waals surface area contributed by atoms with Gasteiger partial charge < -0.3 is 26.3 Å². The van der Waals surface area contributed by atoms with E-state index in [-0.39, 0.29) is 6.42 Å². The first-order valence-corrected chi connectivity index (χ1v) is 5.06. The third-order valence-electron chi connectivity index (χ3n) is 2.07. The number of urea groups is 1. The summed E-state index contributed by atoms with van der Waals surface area (Å²) in [5, 5.41) is 15.1. The van der Waals surface area contributed by atoms with Gasteiger partial charge >= 0.3 is 6.03 Å². The van der Waals surface area contributed by atoms with Gasteiger partial charge in [0.1, 0.15) is 11.9 Å². The van der Waals surface area contributed by atoms with Crippen LogP contribution in [0.1, 0.15) is 5.69 Å². The van der Waals surface area contributed by atoms with Gasteiger partial charge in [0.15, 0.2) is 0 Å². The van der Waals surface area contributed by atoms with Crippen LogP contribution < -0.4 is 26.5 Å². The van der Waals surface area contributed by atoms with Gasteiger partial charge in [-0.05, 0) is 0 Å². The molecule has 1 aromatic rings. The number of carboxylic acids is 1. The Labute approximate surface area is 102 Å². The number of nitrogens with one attached hydrogen (secondary N) is 4. The molecule has 98 valence electrons. The summed E-state index contributed by atoms with van der Waals surface area (Å²) in [4.78, 5) is 38.0. The van der Waals surface area contributed by atoms with Crippen molar-refractivity contribution in [3.05, 3.63) is 18.2 Å². The van der Waals surface area contributed by atoms with E-state index in [1.807, 2.05) is 5.32 Å². The molecule has 1 atom stereocenters. The Morgan fingerprint density at radius 3 is 2.72 bits per heavy atom. The minimum Gasteiger partial charge on any atom is -0.548 e. The largest absolute Gasteiger partial charge is 0.548 e. The van der Waals surface area contributed by atoms with E-state index >= 15 is 0 Å². The maximum Gasteiger partial charge on any atom is 0.312 e. The summed E-state index contributed by atoms with van der Waals surface area (Å²) in [6, 6.07) is -2.06. The zero-order valence-corrected chi connectivity index (χ0v) is 9.36. The van der Waals surface area contributed by atoms with Gasteiger partial charge in [0, 0.05) is 6.42 Å². The van der Waals surface area contributed by atoms with Gasteiger partial charge in [-0.25, -0.2) is 9.78 Å². The predicted octanol–water partition coefficient (Wildman–Crippen LogP) is -3.73. The molecule has 9 heteroatoms. The van der Waals surface area contributed by atoms with E-state index in [1.54, 1.807) is 6.20 Å². The van der Waals surface area contributed by atoms with Gasteiger partial charge in [-0.3, -0.25) is 9.78 Å². The number of hydrogen-bond donors (Lipinski definition) is 4. The van der Waals surface area contributed by atoms with E-state index in [4.69, 9.17) is 5.73 Å². The molecular formula is C9H13N5O4.